The Morgan fingerprint density at radius 2 is 2.07 bits per heavy atom. The highest BCUT2D eigenvalue weighted by atomic mass is 16.5. The number of rotatable bonds is 6. The lowest BCUT2D eigenvalue weighted by atomic mass is 10.1. The molecule has 0 bridgehead atoms. The van der Waals surface area contributed by atoms with E-state index in [1.807, 2.05) is 0 Å². The Hall–Kier alpha value is -0.0800. The van der Waals surface area contributed by atoms with E-state index in [0.717, 1.165) is 19.8 Å². The van der Waals surface area contributed by atoms with E-state index in [2.05, 4.69) is 18.7 Å². The van der Waals surface area contributed by atoms with Crippen molar-refractivity contribution in [2.24, 2.45) is 0 Å². The summed E-state index contributed by atoms with van der Waals surface area (Å²) in [6.07, 6.45) is 6.81. The summed E-state index contributed by atoms with van der Waals surface area (Å²) in [5, 5.41) is 0. The zero-order chi connectivity index (χ0) is 10.2. The largest absolute Gasteiger partial charge is 0.378 e. The fraction of sp³-hybridized carbons (Fsp3) is 1.00. The van der Waals surface area contributed by atoms with E-state index in [1.54, 1.807) is 0 Å². The lowest BCUT2D eigenvalue weighted by molar-refractivity contribution is -0.00847. The quantitative estimate of drug-likeness (QED) is 0.610. The summed E-state index contributed by atoms with van der Waals surface area (Å²) in [7, 11) is 0. The summed E-state index contributed by atoms with van der Waals surface area (Å²) in [5.41, 5.74) is 0. The molecule has 0 aromatic carbocycles. The minimum absolute atomic E-state index is 0.700. The molecule has 0 saturated carbocycles. The van der Waals surface area contributed by atoms with E-state index in [4.69, 9.17) is 4.74 Å². The third kappa shape index (κ3) is 3.97. The summed E-state index contributed by atoms with van der Waals surface area (Å²) >= 11 is 0. The Balaban J connectivity index is 2.13. The predicted octanol–water partition coefficient (Wildman–Crippen LogP) is 2.68. The van der Waals surface area contributed by atoms with Gasteiger partial charge in [0.25, 0.3) is 0 Å². The van der Waals surface area contributed by atoms with Crippen LogP contribution in [0, 0.1) is 0 Å². The number of ether oxygens (including phenoxy) is 1. The maximum Gasteiger partial charge on any atom is 0.0622 e. The number of unbranched alkanes of at least 4 members (excludes halogenated alkanes) is 3. The molecule has 0 spiro atoms. The smallest absolute Gasteiger partial charge is 0.0622 e. The number of hydrogen-bond donors (Lipinski definition) is 0. The predicted molar refractivity (Wildman–Crippen MR) is 60.6 cm³/mol. The zero-order valence-electron chi connectivity index (χ0n) is 9.80. The van der Waals surface area contributed by atoms with E-state index in [1.165, 1.54) is 38.6 Å². The topological polar surface area (TPSA) is 12.5 Å². The second-order valence-electron chi connectivity index (χ2n) is 4.21. The molecule has 84 valence electrons. The molecule has 0 aromatic heterocycles. The van der Waals surface area contributed by atoms with E-state index < -0.39 is 0 Å². The first-order valence-electron chi connectivity index (χ1n) is 6.20. The van der Waals surface area contributed by atoms with Crippen LogP contribution >= 0.6 is 0 Å². The summed E-state index contributed by atoms with van der Waals surface area (Å²) in [6, 6.07) is 0.700. The third-order valence-electron chi connectivity index (χ3n) is 3.15. The first kappa shape index (κ1) is 12.0. The molecule has 1 rings (SSSR count). The molecule has 1 atom stereocenters. The number of hydrogen-bond acceptors (Lipinski definition) is 2. The molecule has 0 aliphatic carbocycles. The SMILES string of the molecule is CCCCCCC1COCCN1CC. The van der Waals surface area contributed by atoms with Crippen LogP contribution in [0.3, 0.4) is 0 Å². The van der Waals surface area contributed by atoms with Crippen LogP contribution in [-0.4, -0.2) is 37.2 Å². The molecule has 1 aliphatic rings. The van der Waals surface area contributed by atoms with Gasteiger partial charge in [-0.15, -0.1) is 0 Å². The Labute approximate surface area is 88.6 Å². The molecule has 1 saturated heterocycles. The van der Waals surface area contributed by atoms with Gasteiger partial charge in [-0.25, -0.2) is 0 Å². The Kier molecular flexibility index (Phi) is 6.20. The lowest BCUT2D eigenvalue weighted by Crippen LogP contribution is -2.45. The van der Waals surface area contributed by atoms with Crippen molar-refractivity contribution in [1.29, 1.82) is 0 Å². The van der Waals surface area contributed by atoms with Crippen molar-refractivity contribution in [3.05, 3.63) is 0 Å². The van der Waals surface area contributed by atoms with Gasteiger partial charge >= 0.3 is 0 Å². The Bertz CT molecular complexity index is 138. The summed E-state index contributed by atoms with van der Waals surface area (Å²) < 4.78 is 5.53. The highest BCUT2D eigenvalue weighted by Gasteiger charge is 2.20. The van der Waals surface area contributed by atoms with Gasteiger partial charge in [0.2, 0.25) is 0 Å². The van der Waals surface area contributed by atoms with Crippen LogP contribution in [0.4, 0.5) is 0 Å². The minimum Gasteiger partial charge on any atom is -0.378 e. The second kappa shape index (κ2) is 7.24. The molecule has 0 aromatic rings. The number of likely N-dealkylation sites (N-methyl/N-ethyl adjacent to an activating group) is 1. The molecule has 2 nitrogen and oxygen atoms in total. The lowest BCUT2D eigenvalue weighted by Gasteiger charge is -2.34. The first-order valence-corrected chi connectivity index (χ1v) is 6.20. The van der Waals surface area contributed by atoms with Crippen molar-refractivity contribution in [2.75, 3.05) is 26.3 Å². The molecular weight excluding hydrogens is 174 g/mol. The zero-order valence-corrected chi connectivity index (χ0v) is 9.80. The molecule has 0 amide bonds. The van der Waals surface area contributed by atoms with Gasteiger partial charge in [-0.1, -0.05) is 39.5 Å². The highest BCUT2D eigenvalue weighted by Crippen LogP contribution is 2.14. The van der Waals surface area contributed by atoms with Gasteiger partial charge in [0, 0.05) is 12.6 Å². The standard InChI is InChI=1S/C12H25NO/c1-3-5-6-7-8-12-11-14-10-9-13(12)4-2/h12H,3-11H2,1-2H3. The minimum atomic E-state index is 0.700. The normalized spacial score (nSPS) is 24.0. The molecule has 14 heavy (non-hydrogen) atoms. The fourth-order valence-corrected chi connectivity index (χ4v) is 2.18. The van der Waals surface area contributed by atoms with E-state index >= 15 is 0 Å². The van der Waals surface area contributed by atoms with Crippen LogP contribution in [0.5, 0.6) is 0 Å². The first-order chi connectivity index (χ1) is 6.88. The summed E-state index contributed by atoms with van der Waals surface area (Å²) in [5.74, 6) is 0. The van der Waals surface area contributed by atoms with Crippen LogP contribution in [0.15, 0.2) is 0 Å². The number of nitrogens with zero attached hydrogens (tertiary/aromatic N) is 1. The van der Waals surface area contributed by atoms with E-state index in [0.29, 0.717) is 6.04 Å². The average Bonchev–Trinajstić information content (AvgIpc) is 2.25. The van der Waals surface area contributed by atoms with Crippen molar-refractivity contribution in [3.63, 3.8) is 0 Å². The van der Waals surface area contributed by atoms with Gasteiger partial charge in [-0.2, -0.15) is 0 Å². The van der Waals surface area contributed by atoms with E-state index in [9.17, 15) is 0 Å². The highest BCUT2D eigenvalue weighted by molar-refractivity contribution is 4.73. The van der Waals surface area contributed by atoms with Crippen molar-refractivity contribution < 1.29 is 4.74 Å². The molecule has 2 heteroatoms. The summed E-state index contributed by atoms with van der Waals surface area (Å²) in [4.78, 5) is 2.56. The van der Waals surface area contributed by atoms with Gasteiger partial charge < -0.3 is 4.74 Å². The Morgan fingerprint density at radius 1 is 1.21 bits per heavy atom. The van der Waals surface area contributed by atoms with Crippen LogP contribution < -0.4 is 0 Å². The molecular formula is C12H25NO. The molecule has 1 aliphatic heterocycles. The molecule has 1 unspecified atom stereocenters. The van der Waals surface area contributed by atoms with Gasteiger partial charge in [0.1, 0.15) is 0 Å². The van der Waals surface area contributed by atoms with Crippen LogP contribution in [-0.2, 0) is 4.74 Å². The monoisotopic (exact) mass is 199 g/mol. The van der Waals surface area contributed by atoms with Crippen molar-refractivity contribution in [2.45, 2.75) is 52.0 Å². The van der Waals surface area contributed by atoms with Crippen molar-refractivity contribution >= 4 is 0 Å². The van der Waals surface area contributed by atoms with Gasteiger partial charge in [0.15, 0.2) is 0 Å². The van der Waals surface area contributed by atoms with Crippen molar-refractivity contribution in [3.8, 4) is 0 Å². The van der Waals surface area contributed by atoms with Crippen LogP contribution in [0.1, 0.15) is 46.0 Å². The number of morpholine rings is 1. The summed E-state index contributed by atoms with van der Waals surface area (Å²) in [6.45, 7) is 8.72. The fourth-order valence-electron chi connectivity index (χ4n) is 2.18. The van der Waals surface area contributed by atoms with Crippen LogP contribution in [0.2, 0.25) is 0 Å². The average molecular weight is 199 g/mol. The van der Waals surface area contributed by atoms with Gasteiger partial charge in [-0.3, -0.25) is 4.90 Å². The van der Waals surface area contributed by atoms with Crippen LogP contribution in [0.25, 0.3) is 0 Å². The maximum absolute atomic E-state index is 5.53. The third-order valence-corrected chi connectivity index (χ3v) is 3.15. The van der Waals surface area contributed by atoms with Gasteiger partial charge in [-0.05, 0) is 13.0 Å². The van der Waals surface area contributed by atoms with Gasteiger partial charge in [0.05, 0.1) is 13.2 Å². The van der Waals surface area contributed by atoms with E-state index in [-0.39, 0.29) is 0 Å². The molecule has 0 N–H and O–H groups in total. The maximum atomic E-state index is 5.53. The molecule has 1 heterocycles. The van der Waals surface area contributed by atoms with Crippen molar-refractivity contribution in [1.82, 2.24) is 4.90 Å². The second-order valence-corrected chi connectivity index (χ2v) is 4.21. The Morgan fingerprint density at radius 3 is 2.79 bits per heavy atom. The molecule has 0 radical (unpaired) electrons. The molecule has 1 fully saturated rings.